The number of methoxy groups -OCH3 is 1. The van der Waals surface area contributed by atoms with Gasteiger partial charge in [-0.25, -0.2) is 8.42 Å². The van der Waals surface area contributed by atoms with Crippen LogP contribution in [0.3, 0.4) is 0 Å². The Morgan fingerprint density at radius 3 is 2.30 bits per heavy atom. The Labute approximate surface area is 193 Å². The number of hydrogen-bond donors (Lipinski definition) is 1. The zero-order valence-electron chi connectivity index (χ0n) is 17.1. The third-order valence-electron chi connectivity index (χ3n) is 4.54. The standard InChI is InChI=1S/C22H18ClF3N2O4S/c1-32-20-10-6-5-9-18(20)27-21(29)14-28(33(30,31)16-7-3-2-4-8-16)19-13-15(22(24,25)26)11-12-17(19)23/h2-13H,14H2,1H3,(H,27,29). The quantitative estimate of drug-likeness (QED) is 0.486. The molecule has 1 amide bonds. The number of nitrogens with zero attached hydrogens (tertiary/aromatic N) is 1. The number of para-hydroxylation sites is 2. The lowest BCUT2D eigenvalue weighted by atomic mass is 10.2. The number of alkyl halides is 3. The van der Waals surface area contributed by atoms with Crippen LogP contribution in [-0.2, 0) is 21.0 Å². The second-order valence-corrected chi connectivity index (χ2v) is 9.01. The molecule has 0 heterocycles. The Morgan fingerprint density at radius 2 is 1.67 bits per heavy atom. The van der Waals surface area contributed by atoms with Gasteiger partial charge in [0.15, 0.2) is 0 Å². The predicted octanol–water partition coefficient (Wildman–Crippen LogP) is 5.20. The van der Waals surface area contributed by atoms with Gasteiger partial charge < -0.3 is 10.1 Å². The smallest absolute Gasteiger partial charge is 0.416 e. The van der Waals surface area contributed by atoms with Gasteiger partial charge in [-0.1, -0.05) is 41.9 Å². The van der Waals surface area contributed by atoms with Crippen LogP contribution in [0.1, 0.15) is 5.56 Å². The van der Waals surface area contributed by atoms with Crippen molar-refractivity contribution in [3.63, 3.8) is 0 Å². The number of benzene rings is 3. The topological polar surface area (TPSA) is 75.7 Å². The van der Waals surface area contributed by atoms with E-state index in [0.29, 0.717) is 16.1 Å². The van der Waals surface area contributed by atoms with Crippen molar-refractivity contribution >= 4 is 38.9 Å². The number of anilines is 2. The van der Waals surface area contributed by atoms with Crippen LogP contribution in [-0.4, -0.2) is 28.0 Å². The van der Waals surface area contributed by atoms with Crippen LogP contribution < -0.4 is 14.4 Å². The SMILES string of the molecule is COc1ccccc1NC(=O)CN(c1cc(C(F)(F)F)ccc1Cl)S(=O)(=O)c1ccccc1. The van der Waals surface area contributed by atoms with Crippen LogP contribution in [0.5, 0.6) is 5.75 Å². The van der Waals surface area contributed by atoms with Crippen LogP contribution in [0.2, 0.25) is 5.02 Å². The number of carbonyl (C=O) groups excluding carboxylic acids is 1. The van der Waals surface area contributed by atoms with Gasteiger partial charge in [0.1, 0.15) is 12.3 Å². The van der Waals surface area contributed by atoms with E-state index in [4.69, 9.17) is 16.3 Å². The molecule has 0 spiro atoms. The maximum Gasteiger partial charge on any atom is 0.416 e. The van der Waals surface area contributed by atoms with Crippen LogP contribution in [0.4, 0.5) is 24.5 Å². The number of halogens is 4. The minimum atomic E-state index is -4.75. The summed E-state index contributed by atoms with van der Waals surface area (Å²) in [5.74, 6) is -0.493. The van der Waals surface area contributed by atoms with Crippen LogP contribution in [0.15, 0.2) is 77.7 Å². The maximum atomic E-state index is 13.3. The van der Waals surface area contributed by atoms with E-state index >= 15 is 0 Å². The van der Waals surface area contributed by atoms with Crippen LogP contribution >= 0.6 is 11.6 Å². The summed E-state index contributed by atoms with van der Waals surface area (Å²) >= 11 is 6.10. The molecule has 0 saturated heterocycles. The van der Waals surface area contributed by atoms with Gasteiger partial charge in [-0.3, -0.25) is 9.10 Å². The molecule has 3 aromatic rings. The molecule has 0 fully saturated rings. The molecule has 11 heteroatoms. The predicted molar refractivity (Wildman–Crippen MR) is 119 cm³/mol. The molecule has 3 aromatic carbocycles. The zero-order chi connectivity index (χ0) is 24.2. The fraction of sp³-hybridized carbons (Fsp3) is 0.136. The first-order valence-electron chi connectivity index (χ1n) is 9.41. The van der Waals surface area contributed by atoms with Gasteiger partial charge in [0, 0.05) is 0 Å². The number of nitrogens with one attached hydrogen (secondary N) is 1. The maximum absolute atomic E-state index is 13.3. The highest BCUT2D eigenvalue weighted by Gasteiger charge is 2.34. The first kappa shape index (κ1) is 24.4. The van der Waals surface area contributed by atoms with E-state index in [9.17, 15) is 26.4 Å². The average Bonchev–Trinajstić information content (AvgIpc) is 2.78. The van der Waals surface area contributed by atoms with Gasteiger partial charge in [0.25, 0.3) is 10.0 Å². The molecule has 0 aliphatic heterocycles. The van der Waals surface area contributed by atoms with E-state index in [1.807, 2.05) is 0 Å². The lowest BCUT2D eigenvalue weighted by molar-refractivity contribution is -0.137. The summed E-state index contributed by atoms with van der Waals surface area (Å²) in [7, 11) is -3.06. The summed E-state index contributed by atoms with van der Waals surface area (Å²) in [5, 5.41) is 2.24. The van der Waals surface area contributed by atoms with Crippen molar-refractivity contribution in [1.82, 2.24) is 0 Å². The summed E-state index contributed by atoms with van der Waals surface area (Å²) < 4.78 is 72.3. The van der Waals surface area contributed by atoms with Gasteiger partial charge in [-0.15, -0.1) is 0 Å². The van der Waals surface area contributed by atoms with Crippen molar-refractivity contribution in [1.29, 1.82) is 0 Å². The van der Waals surface area contributed by atoms with E-state index in [-0.39, 0.29) is 15.6 Å². The monoisotopic (exact) mass is 498 g/mol. The molecule has 1 N–H and O–H groups in total. The van der Waals surface area contributed by atoms with Gasteiger partial charge in [-0.05, 0) is 42.5 Å². The molecular formula is C22H18ClF3N2O4S. The molecule has 33 heavy (non-hydrogen) atoms. The molecule has 0 bridgehead atoms. The van der Waals surface area contributed by atoms with Crippen molar-refractivity contribution in [3.05, 3.63) is 83.4 Å². The van der Waals surface area contributed by atoms with Gasteiger partial charge in [0.2, 0.25) is 5.91 Å². The van der Waals surface area contributed by atoms with Crippen molar-refractivity contribution in [2.24, 2.45) is 0 Å². The molecule has 174 valence electrons. The van der Waals surface area contributed by atoms with Gasteiger partial charge >= 0.3 is 6.18 Å². The van der Waals surface area contributed by atoms with E-state index < -0.39 is 39.9 Å². The molecule has 0 aliphatic carbocycles. The number of rotatable bonds is 7. The van der Waals surface area contributed by atoms with Crippen LogP contribution in [0.25, 0.3) is 0 Å². The molecule has 0 aromatic heterocycles. The third kappa shape index (κ3) is 5.58. The Bertz CT molecular complexity index is 1250. The molecule has 0 atom stereocenters. The van der Waals surface area contributed by atoms with E-state index in [1.165, 1.54) is 37.4 Å². The van der Waals surface area contributed by atoms with Crippen molar-refractivity contribution < 1.29 is 31.1 Å². The molecule has 0 aliphatic rings. The number of ether oxygens (including phenoxy) is 1. The fourth-order valence-corrected chi connectivity index (χ4v) is 4.69. The largest absolute Gasteiger partial charge is 0.495 e. The van der Waals surface area contributed by atoms with Gasteiger partial charge in [-0.2, -0.15) is 13.2 Å². The number of amides is 1. The summed E-state index contributed by atoms with van der Waals surface area (Å²) in [4.78, 5) is 12.6. The zero-order valence-corrected chi connectivity index (χ0v) is 18.7. The Balaban J connectivity index is 2.06. The Kier molecular flexibility index (Phi) is 7.19. The highest BCUT2D eigenvalue weighted by Crippen LogP contribution is 2.37. The minimum Gasteiger partial charge on any atom is -0.495 e. The number of sulfonamides is 1. The molecule has 3 rings (SSSR count). The minimum absolute atomic E-state index is 0.219. The Hall–Kier alpha value is -3.24. The highest BCUT2D eigenvalue weighted by molar-refractivity contribution is 7.92. The molecular weight excluding hydrogens is 481 g/mol. The van der Waals surface area contributed by atoms with Crippen molar-refractivity contribution in [2.75, 3.05) is 23.3 Å². The number of hydrogen-bond acceptors (Lipinski definition) is 4. The van der Waals surface area contributed by atoms with Crippen LogP contribution in [0, 0.1) is 0 Å². The van der Waals surface area contributed by atoms with E-state index in [0.717, 1.165) is 12.1 Å². The first-order chi connectivity index (χ1) is 15.5. The normalized spacial score (nSPS) is 11.7. The van der Waals surface area contributed by atoms with Gasteiger partial charge in [0.05, 0.1) is 34.0 Å². The summed E-state index contributed by atoms with van der Waals surface area (Å²) in [5.41, 5.74) is -1.33. The van der Waals surface area contributed by atoms with Crippen molar-refractivity contribution in [3.8, 4) is 5.75 Å². The molecule has 6 nitrogen and oxygen atoms in total. The van der Waals surface area contributed by atoms with E-state index in [1.54, 1.807) is 24.3 Å². The fourth-order valence-electron chi connectivity index (χ4n) is 2.97. The second-order valence-electron chi connectivity index (χ2n) is 6.74. The van der Waals surface area contributed by atoms with Crippen molar-refractivity contribution in [2.45, 2.75) is 11.1 Å². The summed E-state index contributed by atoms with van der Waals surface area (Å²) in [6, 6.07) is 15.7. The van der Waals surface area contributed by atoms with E-state index in [2.05, 4.69) is 5.32 Å². The molecule has 0 radical (unpaired) electrons. The lowest BCUT2D eigenvalue weighted by Crippen LogP contribution is -2.38. The lowest BCUT2D eigenvalue weighted by Gasteiger charge is -2.26. The average molecular weight is 499 g/mol. The highest BCUT2D eigenvalue weighted by atomic mass is 35.5. The first-order valence-corrected chi connectivity index (χ1v) is 11.2. The Morgan fingerprint density at radius 1 is 1.03 bits per heavy atom. The second kappa shape index (κ2) is 9.72. The number of carbonyl (C=O) groups is 1. The molecule has 0 saturated carbocycles. The summed E-state index contributed by atoms with van der Waals surface area (Å²) in [6.45, 7) is -0.837. The molecule has 0 unspecified atom stereocenters. The summed E-state index contributed by atoms with van der Waals surface area (Å²) in [6.07, 6.45) is -4.75. The third-order valence-corrected chi connectivity index (χ3v) is 6.64.